The van der Waals surface area contributed by atoms with Crippen LogP contribution in [0.1, 0.15) is 5.56 Å². The quantitative estimate of drug-likeness (QED) is 0.866. The fraction of sp³-hybridized carbons (Fsp3) is 0.167. The van der Waals surface area contributed by atoms with Crippen LogP contribution in [0.3, 0.4) is 0 Å². The van der Waals surface area contributed by atoms with Gasteiger partial charge in [-0.1, -0.05) is 11.6 Å². The van der Waals surface area contributed by atoms with Crippen molar-refractivity contribution in [1.29, 1.82) is 0 Å². The van der Waals surface area contributed by atoms with E-state index < -0.39 is 0 Å². The molecule has 0 bridgehead atoms. The Bertz CT molecular complexity index is 431. The molecule has 2 rings (SSSR count). The largest absolute Gasteiger partial charge is 0.464 e. The molecule has 15 heavy (non-hydrogen) atoms. The van der Waals surface area contributed by atoms with Crippen LogP contribution < -0.4 is 0 Å². The highest BCUT2D eigenvalue weighted by atomic mass is 35.5. The third-order valence-corrected chi connectivity index (χ3v) is 2.43. The second-order valence-corrected chi connectivity index (χ2v) is 3.74. The SMILES string of the molecule is OCCc1coc(-c2ccc(Cl)cc2)c1. The van der Waals surface area contributed by atoms with Crippen LogP contribution >= 0.6 is 11.6 Å². The van der Waals surface area contributed by atoms with Crippen molar-refractivity contribution in [2.24, 2.45) is 0 Å². The average molecular weight is 223 g/mol. The molecule has 0 fully saturated rings. The lowest BCUT2D eigenvalue weighted by Crippen LogP contribution is -1.86. The third kappa shape index (κ3) is 2.41. The molecule has 3 heteroatoms. The molecule has 0 radical (unpaired) electrons. The molecule has 1 heterocycles. The van der Waals surface area contributed by atoms with Gasteiger partial charge in [-0.3, -0.25) is 0 Å². The smallest absolute Gasteiger partial charge is 0.134 e. The predicted octanol–water partition coefficient (Wildman–Crippen LogP) is 3.13. The van der Waals surface area contributed by atoms with Crippen molar-refractivity contribution in [3.05, 3.63) is 47.2 Å². The maximum Gasteiger partial charge on any atom is 0.134 e. The molecule has 0 saturated carbocycles. The summed E-state index contributed by atoms with van der Waals surface area (Å²) in [7, 11) is 0. The van der Waals surface area contributed by atoms with E-state index in [9.17, 15) is 0 Å². The van der Waals surface area contributed by atoms with Crippen molar-refractivity contribution >= 4 is 11.6 Å². The number of halogens is 1. The van der Waals surface area contributed by atoms with Crippen LogP contribution in [0.15, 0.2) is 41.0 Å². The van der Waals surface area contributed by atoms with E-state index in [1.807, 2.05) is 30.3 Å². The minimum Gasteiger partial charge on any atom is -0.464 e. The third-order valence-electron chi connectivity index (χ3n) is 2.18. The lowest BCUT2D eigenvalue weighted by atomic mass is 10.1. The van der Waals surface area contributed by atoms with Crippen molar-refractivity contribution < 1.29 is 9.52 Å². The highest BCUT2D eigenvalue weighted by Gasteiger charge is 2.03. The Balaban J connectivity index is 2.25. The second kappa shape index (κ2) is 4.51. The van der Waals surface area contributed by atoms with E-state index >= 15 is 0 Å². The number of aliphatic hydroxyl groups is 1. The van der Waals surface area contributed by atoms with E-state index in [1.54, 1.807) is 6.26 Å². The Kier molecular flexibility index (Phi) is 3.09. The van der Waals surface area contributed by atoms with Crippen LogP contribution in [0.5, 0.6) is 0 Å². The molecule has 1 N–H and O–H groups in total. The average Bonchev–Trinajstić information content (AvgIpc) is 2.68. The van der Waals surface area contributed by atoms with Gasteiger partial charge in [0.2, 0.25) is 0 Å². The van der Waals surface area contributed by atoms with Crippen LogP contribution in [0.4, 0.5) is 0 Å². The van der Waals surface area contributed by atoms with Gasteiger partial charge < -0.3 is 9.52 Å². The zero-order valence-electron chi connectivity index (χ0n) is 8.11. The van der Waals surface area contributed by atoms with E-state index in [0.29, 0.717) is 11.4 Å². The van der Waals surface area contributed by atoms with Crippen LogP contribution in [-0.2, 0) is 6.42 Å². The molecular formula is C12H11ClO2. The predicted molar refractivity (Wildman–Crippen MR) is 59.9 cm³/mol. The summed E-state index contributed by atoms with van der Waals surface area (Å²) in [5.41, 5.74) is 1.99. The Morgan fingerprint density at radius 3 is 2.60 bits per heavy atom. The molecular weight excluding hydrogens is 212 g/mol. The summed E-state index contributed by atoms with van der Waals surface area (Å²) in [4.78, 5) is 0. The first-order chi connectivity index (χ1) is 7.29. The van der Waals surface area contributed by atoms with E-state index in [-0.39, 0.29) is 6.61 Å². The summed E-state index contributed by atoms with van der Waals surface area (Å²) in [6, 6.07) is 9.39. The molecule has 0 atom stereocenters. The zero-order valence-corrected chi connectivity index (χ0v) is 8.87. The molecule has 2 aromatic rings. The molecule has 0 amide bonds. The van der Waals surface area contributed by atoms with E-state index in [1.165, 1.54) is 0 Å². The Labute approximate surface area is 93.1 Å². The molecule has 0 unspecified atom stereocenters. The maximum atomic E-state index is 8.78. The first kappa shape index (κ1) is 10.3. The van der Waals surface area contributed by atoms with Crippen molar-refractivity contribution in [2.45, 2.75) is 6.42 Å². The molecule has 78 valence electrons. The van der Waals surface area contributed by atoms with Crippen molar-refractivity contribution in [3.63, 3.8) is 0 Å². The molecule has 0 saturated heterocycles. The van der Waals surface area contributed by atoms with E-state index in [2.05, 4.69) is 0 Å². The van der Waals surface area contributed by atoms with Gasteiger partial charge in [-0.05, 0) is 42.3 Å². The Morgan fingerprint density at radius 2 is 1.93 bits per heavy atom. The summed E-state index contributed by atoms with van der Waals surface area (Å²) in [6.45, 7) is 0.138. The number of hydrogen-bond donors (Lipinski definition) is 1. The summed E-state index contributed by atoms with van der Waals surface area (Å²) in [5, 5.41) is 9.49. The van der Waals surface area contributed by atoms with Gasteiger partial charge in [-0.25, -0.2) is 0 Å². The molecule has 0 aliphatic carbocycles. The van der Waals surface area contributed by atoms with Crippen LogP contribution in [-0.4, -0.2) is 11.7 Å². The monoisotopic (exact) mass is 222 g/mol. The van der Waals surface area contributed by atoms with Crippen LogP contribution in [0, 0.1) is 0 Å². The number of furan rings is 1. The number of hydrogen-bond acceptors (Lipinski definition) is 2. The highest BCUT2D eigenvalue weighted by Crippen LogP contribution is 2.23. The summed E-state index contributed by atoms with van der Waals surface area (Å²) in [6.07, 6.45) is 2.29. The minimum atomic E-state index is 0.138. The highest BCUT2D eigenvalue weighted by molar-refractivity contribution is 6.30. The van der Waals surface area contributed by atoms with E-state index in [4.69, 9.17) is 21.1 Å². The van der Waals surface area contributed by atoms with Gasteiger partial charge in [-0.2, -0.15) is 0 Å². The standard InChI is InChI=1S/C12H11ClO2/c13-11-3-1-10(2-4-11)12-7-9(5-6-14)8-15-12/h1-4,7-8,14H,5-6H2. The lowest BCUT2D eigenvalue weighted by molar-refractivity contribution is 0.299. The van der Waals surface area contributed by atoms with Gasteiger partial charge in [0, 0.05) is 17.2 Å². The van der Waals surface area contributed by atoms with Crippen molar-refractivity contribution in [3.8, 4) is 11.3 Å². The van der Waals surface area contributed by atoms with Gasteiger partial charge in [0.1, 0.15) is 5.76 Å². The summed E-state index contributed by atoms with van der Waals surface area (Å²) >= 11 is 5.79. The number of benzene rings is 1. The number of aliphatic hydroxyl groups excluding tert-OH is 1. The van der Waals surface area contributed by atoms with E-state index in [0.717, 1.165) is 16.9 Å². The first-order valence-corrected chi connectivity index (χ1v) is 5.11. The fourth-order valence-electron chi connectivity index (χ4n) is 1.40. The van der Waals surface area contributed by atoms with Gasteiger partial charge in [0.05, 0.1) is 6.26 Å². The van der Waals surface area contributed by atoms with Gasteiger partial charge in [0.15, 0.2) is 0 Å². The second-order valence-electron chi connectivity index (χ2n) is 3.30. The summed E-state index contributed by atoms with van der Waals surface area (Å²) < 4.78 is 5.39. The number of rotatable bonds is 3. The molecule has 1 aromatic carbocycles. The first-order valence-electron chi connectivity index (χ1n) is 4.74. The zero-order chi connectivity index (χ0) is 10.7. The molecule has 1 aromatic heterocycles. The lowest BCUT2D eigenvalue weighted by Gasteiger charge is -1.95. The van der Waals surface area contributed by atoms with Crippen LogP contribution in [0.25, 0.3) is 11.3 Å². The Hall–Kier alpha value is -1.25. The van der Waals surface area contributed by atoms with Gasteiger partial charge in [0.25, 0.3) is 0 Å². The molecule has 0 aliphatic rings. The van der Waals surface area contributed by atoms with Crippen molar-refractivity contribution in [2.75, 3.05) is 6.61 Å². The normalized spacial score (nSPS) is 10.5. The minimum absolute atomic E-state index is 0.138. The van der Waals surface area contributed by atoms with Crippen molar-refractivity contribution in [1.82, 2.24) is 0 Å². The van der Waals surface area contributed by atoms with Crippen LogP contribution in [0.2, 0.25) is 5.02 Å². The van der Waals surface area contributed by atoms with Gasteiger partial charge in [-0.15, -0.1) is 0 Å². The molecule has 2 nitrogen and oxygen atoms in total. The molecule has 0 aliphatic heterocycles. The molecule has 0 spiro atoms. The fourth-order valence-corrected chi connectivity index (χ4v) is 1.53. The summed E-state index contributed by atoms with van der Waals surface area (Å²) in [5.74, 6) is 0.801. The topological polar surface area (TPSA) is 33.4 Å². The Morgan fingerprint density at radius 1 is 1.20 bits per heavy atom. The maximum absolute atomic E-state index is 8.78. The van der Waals surface area contributed by atoms with Gasteiger partial charge >= 0.3 is 0 Å².